The van der Waals surface area contributed by atoms with E-state index in [-0.39, 0.29) is 0 Å². The molecule has 0 amide bonds. The van der Waals surface area contributed by atoms with Gasteiger partial charge < -0.3 is 9.42 Å². The number of hydrogen-bond donors (Lipinski definition) is 0. The van der Waals surface area contributed by atoms with E-state index in [0.717, 1.165) is 23.4 Å². The second kappa shape index (κ2) is 9.99. The molecule has 0 aliphatic heterocycles. The lowest BCUT2D eigenvalue weighted by Crippen LogP contribution is -2.30. The van der Waals surface area contributed by atoms with Crippen LogP contribution >= 0.6 is 23.2 Å². The number of rotatable bonds is 6. The highest BCUT2D eigenvalue weighted by atomic mass is 35.5. The van der Waals surface area contributed by atoms with Gasteiger partial charge in [-0.3, -0.25) is 0 Å². The molecular formula is C25H27Cl2N3O. The first-order chi connectivity index (χ1) is 15.0. The van der Waals surface area contributed by atoms with Crippen LogP contribution in [0.3, 0.4) is 0 Å². The summed E-state index contributed by atoms with van der Waals surface area (Å²) >= 11 is 12.1. The molecule has 31 heavy (non-hydrogen) atoms. The number of benzene rings is 2. The van der Waals surface area contributed by atoms with Crippen LogP contribution in [0.4, 0.5) is 0 Å². The van der Waals surface area contributed by atoms with E-state index in [1.807, 2.05) is 42.5 Å². The Bertz CT molecular complexity index is 1020. The maximum Gasteiger partial charge on any atom is 0.250 e. The van der Waals surface area contributed by atoms with Gasteiger partial charge in [-0.15, -0.1) is 0 Å². The topological polar surface area (TPSA) is 42.2 Å². The number of nitrogens with zero attached hydrogens (tertiary/aromatic N) is 3. The largest absolute Gasteiger partial charge is 0.334 e. The van der Waals surface area contributed by atoms with Crippen LogP contribution in [0.25, 0.3) is 17.5 Å². The van der Waals surface area contributed by atoms with Crippen LogP contribution in [0.1, 0.15) is 43.2 Å². The van der Waals surface area contributed by atoms with Gasteiger partial charge in [0.1, 0.15) is 0 Å². The Morgan fingerprint density at radius 2 is 1.74 bits per heavy atom. The summed E-state index contributed by atoms with van der Waals surface area (Å²) in [5.74, 6) is 2.26. The molecule has 1 aliphatic rings. The van der Waals surface area contributed by atoms with E-state index in [2.05, 4.69) is 47.3 Å². The SMILES string of the molecule is CN(C)C(c1ccc(Cl)cc1)C1CCC(C=Cc2nc(-c3cccc(Cl)c3)no2)CC1. The molecule has 2 aromatic carbocycles. The van der Waals surface area contributed by atoms with Gasteiger partial charge in [0.05, 0.1) is 0 Å². The normalized spacial score (nSPS) is 20.4. The maximum absolute atomic E-state index is 6.09. The summed E-state index contributed by atoms with van der Waals surface area (Å²) in [5.41, 5.74) is 2.20. The molecule has 1 aliphatic carbocycles. The van der Waals surface area contributed by atoms with E-state index >= 15 is 0 Å². The highest BCUT2D eigenvalue weighted by Gasteiger charge is 2.29. The molecule has 0 bridgehead atoms. The van der Waals surface area contributed by atoms with Crippen molar-refractivity contribution in [2.75, 3.05) is 14.1 Å². The van der Waals surface area contributed by atoms with E-state index in [1.54, 1.807) is 0 Å². The predicted octanol–water partition coefficient (Wildman–Crippen LogP) is 7.17. The Labute approximate surface area is 193 Å². The molecule has 1 heterocycles. The Hall–Kier alpha value is -2.14. The van der Waals surface area contributed by atoms with Crippen molar-refractivity contribution >= 4 is 29.3 Å². The molecule has 1 unspecified atom stereocenters. The molecule has 0 spiro atoms. The van der Waals surface area contributed by atoms with Crippen molar-refractivity contribution in [1.82, 2.24) is 15.0 Å². The Kier molecular flexibility index (Phi) is 7.11. The molecule has 1 saturated carbocycles. The quantitative estimate of drug-likeness (QED) is 0.395. The Morgan fingerprint density at radius 1 is 1.00 bits per heavy atom. The summed E-state index contributed by atoms with van der Waals surface area (Å²) in [5, 5.41) is 5.52. The number of allylic oxidation sites excluding steroid dienone is 1. The fourth-order valence-corrected chi connectivity index (χ4v) is 4.89. The van der Waals surface area contributed by atoms with E-state index in [1.165, 1.54) is 18.4 Å². The fourth-order valence-electron chi connectivity index (χ4n) is 4.57. The van der Waals surface area contributed by atoms with Crippen LogP contribution in [-0.4, -0.2) is 29.1 Å². The molecule has 1 aromatic heterocycles. The third kappa shape index (κ3) is 5.57. The number of aromatic nitrogens is 2. The minimum Gasteiger partial charge on any atom is -0.334 e. The van der Waals surface area contributed by atoms with E-state index < -0.39 is 0 Å². The summed E-state index contributed by atoms with van der Waals surface area (Å²) in [7, 11) is 4.33. The zero-order valence-corrected chi connectivity index (χ0v) is 19.4. The zero-order chi connectivity index (χ0) is 21.8. The molecular weight excluding hydrogens is 429 g/mol. The Balaban J connectivity index is 1.36. The van der Waals surface area contributed by atoms with Crippen molar-refractivity contribution in [3.8, 4) is 11.4 Å². The van der Waals surface area contributed by atoms with Crippen molar-refractivity contribution in [3.63, 3.8) is 0 Å². The summed E-state index contributed by atoms with van der Waals surface area (Å²) < 4.78 is 5.40. The monoisotopic (exact) mass is 455 g/mol. The molecule has 4 rings (SSSR count). The van der Waals surface area contributed by atoms with Crippen molar-refractivity contribution in [3.05, 3.63) is 76.1 Å². The van der Waals surface area contributed by atoms with Gasteiger partial charge >= 0.3 is 0 Å². The van der Waals surface area contributed by atoms with Crippen LogP contribution in [-0.2, 0) is 0 Å². The third-order valence-corrected chi connectivity index (χ3v) is 6.55. The average Bonchev–Trinajstić information content (AvgIpc) is 3.24. The lowest BCUT2D eigenvalue weighted by atomic mass is 9.76. The zero-order valence-electron chi connectivity index (χ0n) is 17.8. The predicted molar refractivity (Wildman–Crippen MR) is 127 cm³/mol. The first kappa shape index (κ1) is 22.1. The highest BCUT2D eigenvalue weighted by molar-refractivity contribution is 6.31. The summed E-state index contributed by atoms with van der Waals surface area (Å²) in [6.07, 6.45) is 8.88. The van der Waals surface area contributed by atoms with E-state index in [0.29, 0.717) is 34.6 Å². The highest BCUT2D eigenvalue weighted by Crippen LogP contribution is 2.40. The minimum atomic E-state index is 0.415. The summed E-state index contributed by atoms with van der Waals surface area (Å²) in [6, 6.07) is 16.2. The van der Waals surface area contributed by atoms with Crippen molar-refractivity contribution in [2.45, 2.75) is 31.7 Å². The molecule has 0 saturated heterocycles. The molecule has 1 fully saturated rings. The molecule has 162 valence electrons. The van der Waals surface area contributed by atoms with Crippen molar-refractivity contribution < 1.29 is 4.52 Å². The standard InChI is InChI=1S/C25H27Cl2N3O/c1-30(2)24(19-11-13-21(26)14-12-19)18-9-6-17(7-10-18)8-15-23-28-25(29-31-23)20-4-3-5-22(27)16-20/h3-5,8,11-18,24H,6-7,9-10H2,1-2H3. The molecule has 6 heteroatoms. The van der Waals surface area contributed by atoms with Gasteiger partial charge in [-0.25, -0.2) is 0 Å². The van der Waals surface area contributed by atoms with Gasteiger partial charge in [0.2, 0.25) is 5.82 Å². The summed E-state index contributed by atoms with van der Waals surface area (Å²) in [6.45, 7) is 0. The van der Waals surface area contributed by atoms with Crippen molar-refractivity contribution in [1.29, 1.82) is 0 Å². The third-order valence-electron chi connectivity index (χ3n) is 6.07. The first-order valence-electron chi connectivity index (χ1n) is 10.7. The molecule has 1 atom stereocenters. The van der Waals surface area contributed by atoms with Gasteiger partial charge in [0.25, 0.3) is 5.89 Å². The maximum atomic E-state index is 6.09. The lowest BCUT2D eigenvalue weighted by Gasteiger charge is -2.37. The lowest BCUT2D eigenvalue weighted by molar-refractivity contribution is 0.159. The van der Waals surface area contributed by atoms with Crippen molar-refractivity contribution in [2.24, 2.45) is 11.8 Å². The van der Waals surface area contributed by atoms with E-state index in [4.69, 9.17) is 27.7 Å². The second-order valence-electron chi connectivity index (χ2n) is 8.46. The first-order valence-corrected chi connectivity index (χ1v) is 11.4. The van der Waals surface area contributed by atoms with Gasteiger partial charge in [0, 0.05) is 21.7 Å². The van der Waals surface area contributed by atoms with Gasteiger partial charge in [0.15, 0.2) is 0 Å². The Morgan fingerprint density at radius 3 is 2.42 bits per heavy atom. The summed E-state index contributed by atoms with van der Waals surface area (Å²) in [4.78, 5) is 6.81. The minimum absolute atomic E-state index is 0.415. The van der Waals surface area contributed by atoms with Crippen LogP contribution in [0.15, 0.2) is 59.1 Å². The van der Waals surface area contributed by atoms with Crippen LogP contribution < -0.4 is 0 Å². The van der Waals surface area contributed by atoms with Crippen LogP contribution in [0, 0.1) is 11.8 Å². The smallest absolute Gasteiger partial charge is 0.250 e. The van der Waals surface area contributed by atoms with E-state index in [9.17, 15) is 0 Å². The van der Waals surface area contributed by atoms with Crippen LogP contribution in [0.5, 0.6) is 0 Å². The van der Waals surface area contributed by atoms with Gasteiger partial charge in [-0.2, -0.15) is 4.98 Å². The molecule has 3 aromatic rings. The number of halogens is 2. The average molecular weight is 456 g/mol. The fraction of sp³-hybridized carbons (Fsp3) is 0.360. The molecule has 4 nitrogen and oxygen atoms in total. The van der Waals surface area contributed by atoms with Crippen LogP contribution in [0.2, 0.25) is 10.0 Å². The second-order valence-corrected chi connectivity index (χ2v) is 9.33. The van der Waals surface area contributed by atoms with Gasteiger partial charge in [-0.05, 0) is 87.5 Å². The molecule has 0 N–H and O–H groups in total. The number of hydrogen-bond acceptors (Lipinski definition) is 4. The van der Waals surface area contributed by atoms with Gasteiger partial charge in [-0.1, -0.05) is 58.7 Å². The molecule has 0 radical (unpaired) electrons.